The van der Waals surface area contributed by atoms with Crippen LogP contribution in [0.15, 0.2) is 65.6 Å². The predicted molar refractivity (Wildman–Crippen MR) is 179 cm³/mol. The van der Waals surface area contributed by atoms with Gasteiger partial charge in [0.05, 0.1) is 51.8 Å². The number of hydrogen-bond acceptors (Lipinski definition) is 6. The molecule has 6 rings (SSSR count). The maximum Gasteiger partial charge on any atom is 0.416 e. The first-order chi connectivity index (χ1) is 23.6. The highest BCUT2D eigenvalue weighted by molar-refractivity contribution is 5.84. The van der Waals surface area contributed by atoms with E-state index in [-0.39, 0.29) is 29.6 Å². The van der Waals surface area contributed by atoms with Crippen molar-refractivity contribution >= 4 is 12.0 Å². The Hall–Kier alpha value is -5.12. The summed E-state index contributed by atoms with van der Waals surface area (Å²) < 4.78 is 50.3. The Bertz CT molecular complexity index is 2000. The molecule has 50 heavy (non-hydrogen) atoms. The van der Waals surface area contributed by atoms with Crippen LogP contribution in [0.25, 0.3) is 22.8 Å². The van der Waals surface area contributed by atoms with Crippen molar-refractivity contribution in [3.8, 4) is 28.8 Å². The molecule has 0 N–H and O–H groups in total. The van der Waals surface area contributed by atoms with E-state index in [2.05, 4.69) is 11.2 Å². The van der Waals surface area contributed by atoms with Crippen molar-refractivity contribution in [3.05, 3.63) is 88.1 Å². The van der Waals surface area contributed by atoms with Gasteiger partial charge in [-0.05, 0) is 120 Å². The van der Waals surface area contributed by atoms with Crippen LogP contribution in [0.5, 0.6) is 0 Å². The number of fused-ring (bicyclic) bond motifs is 1. The number of aromatic nitrogens is 4. The average molecular weight is 689 g/mol. The maximum atomic E-state index is 14.1. The van der Waals surface area contributed by atoms with E-state index in [9.17, 15) is 32.8 Å². The monoisotopic (exact) mass is 688 g/mol. The van der Waals surface area contributed by atoms with Crippen molar-refractivity contribution in [1.82, 2.24) is 23.8 Å². The van der Waals surface area contributed by atoms with Gasteiger partial charge >= 0.3 is 18.0 Å². The number of alkyl halides is 3. The largest absolute Gasteiger partial charge is 0.444 e. The number of likely N-dealkylation sites (tertiary alicyclic amines) is 1. The van der Waals surface area contributed by atoms with Crippen LogP contribution in [0, 0.1) is 36.0 Å². The molecule has 1 aliphatic carbocycles. The molecule has 0 unspecified atom stereocenters. The van der Waals surface area contributed by atoms with Crippen molar-refractivity contribution in [2.45, 2.75) is 71.6 Å². The van der Waals surface area contributed by atoms with Crippen LogP contribution in [-0.2, 0) is 10.9 Å². The van der Waals surface area contributed by atoms with Gasteiger partial charge in [-0.15, -0.1) is 0 Å². The standard InChI is InChI=1S/C37H39F3N6O4/c1-23-33(31-15-16-42-46(31)29-13-11-24(20-41)12-14-29)45(34(48)44(23)30-9-6-8-28(19-30)37(38,39)40)32(47)10-5-7-25-17-26-21-43(22-27(26)18-25)35(49)50-36(2,3)4/h6,8-9,11-16,19,25-27H,5,7,10,17-18,21-22H2,1-4H3/t25-,26-,27+. The van der Waals surface area contributed by atoms with Gasteiger partial charge in [0.15, 0.2) is 0 Å². The molecule has 10 nitrogen and oxygen atoms in total. The second kappa shape index (κ2) is 13.3. The number of rotatable bonds is 7. The summed E-state index contributed by atoms with van der Waals surface area (Å²) in [5.41, 5.74) is -0.368. The molecule has 2 aliphatic rings. The molecule has 1 saturated carbocycles. The Balaban J connectivity index is 1.25. The number of benzene rings is 2. The highest BCUT2D eigenvalue weighted by Crippen LogP contribution is 2.44. The van der Waals surface area contributed by atoms with E-state index in [1.165, 1.54) is 23.0 Å². The van der Waals surface area contributed by atoms with Gasteiger partial charge in [-0.2, -0.15) is 23.5 Å². The van der Waals surface area contributed by atoms with Gasteiger partial charge in [-0.3, -0.25) is 9.36 Å². The number of nitrogens with zero attached hydrogens (tertiary/aromatic N) is 6. The summed E-state index contributed by atoms with van der Waals surface area (Å²) >= 11 is 0. The van der Waals surface area contributed by atoms with Crippen molar-refractivity contribution in [3.63, 3.8) is 0 Å². The molecule has 13 heteroatoms. The number of imidazole rings is 1. The number of ether oxygens (including phenoxy) is 1. The van der Waals surface area contributed by atoms with Crippen molar-refractivity contribution < 1.29 is 27.5 Å². The van der Waals surface area contributed by atoms with E-state index in [1.807, 2.05) is 20.8 Å². The number of amides is 1. The van der Waals surface area contributed by atoms with Crippen molar-refractivity contribution in [1.29, 1.82) is 5.26 Å². The minimum Gasteiger partial charge on any atom is -0.444 e. The Morgan fingerprint density at radius 3 is 2.30 bits per heavy atom. The smallest absolute Gasteiger partial charge is 0.416 e. The highest BCUT2D eigenvalue weighted by Gasteiger charge is 2.43. The van der Waals surface area contributed by atoms with Crippen LogP contribution in [0.2, 0.25) is 0 Å². The number of hydrogen-bond donors (Lipinski definition) is 0. The minimum atomic E-state index is -4.63. The SMILES string of the molecule is Cc1c(-c2ccnn2-c2ccc(C#N)cc2)n(C(=O)CCC[C@@H]2C[C@@H]3CN(C(=O)OC(C)(C)C)C[C@@H]3C2)c(=O)n1-c1cccc(C(F)(F)F)c1. The molecule has 1 amide bonds. The molecule has 1 aliphatic heterocycles. The molecular formula is C37H39F3N6O4. The lowest BCUT2D eigenvalue weighted by molar-refractivity contribution is -0.137. The summed E-state index contributed by atoms with van der Waals surface area (Å²) in [6, 6.07) is 14.8. The number of carbonyl (C=O) groups is 2. The fourth-order valence-corrected chi connectivity index (χ4v) is 7.42. The second-order valence-corrected chi connectivity index (χ2v) is 14.3. The lowest BCUT2D eigenvalue weighted by Crippen LogP contribution is -2.36. The average Bonchev–Trinajstić information content (AvgIpc) is 3.82. The summed E-state index contributed by atoms with van der Waals surface area (Å²) in [6.45, 7) is 8.45. The Labute approximate surface area is 287 Å². The van der Waals surface area contributed by atoms with E-state index in [4.69, 9.17) is 4.74 Å². The first-order valence-corrected chi connectivity index (χ1v) is 16.7. The normalized spacial score (nSPS) is 19.0. The van der Waals surface area contributed by atoms with E-state index in [0.29, 0.717) is 54.2 Å². The maximum absolute atomic E-state index is 14.1. The first-order valence-electron chi connectivity index (χ1n) is 16.7. The zero-order chi connectivity index (χ0) is 36.0. The van der Waals surface area contributed by atoms with Gasteiger partial charge in [0.1, 0.15) is 5.60 Å². The predicted octanol–water partition coefficient (Wildman–Crippen LogP) is 7.39. The third kappa shape index (κ3) is 6.97. The fourth-order valence-electron chi connectivity index (χ4n) is 7.42. The third-order valence-corrected chi connectivity index (χ3v) is 9.60. The summed E-state index contributed by atoms with van der Waals surface area (Å²) in [5.74, 6) is 0.665. The van der Waals surface area contributed by atoms with Gasteiger partial charge in [0.2, 0.25) is 5.91 Å². The molecule has 3 heterocycles. The van der Waals surface area contributed by atoms with Gasteiger partial charge in [-0.25, -0.2) is 18.8 Å². The molecule has 2 aromatic heterocycles. The summed E-state index contributed by atoms with van der Waals surface area (Å²) in [4.78, 5) is 42.4. The minimum absolute atomic E-state index is 0.0162. The van der Waals surface area contributed by atoms with Crippen molar-refractivity contribution in [2.75, 3.05) is 13.1 Å². The van der Waals surface area contributed by atoms with Crippen molar-refractivity contribution in [2.24, 2.45) is 17.8 Å². The molecule has 262 valence electrons. The molecule has 0 radical (unpaired) electrons. The zero-order valence-electron chi connectivity index (χ0n) is 28.4. The molecule has 2 aromatic carbocycles. The van der Waals surface area contributed by atoms with Gasteiger partial charge in [0.25, 0.3) is 0 Å². The second-order valence-electron chi connectivity index (χ2n) is 14.3. The molecule has 1 saturated heterocycles. The van der Waals surface area contributed by atoms with Crippen LogP contribution in [0.4, 0.5) is 18.0 Å². The lowest BCUT2D eigenvalue weighted by atomic mass is 9.98. The van der Waals surface area contributed by atoms with Crippen LogP contribution in [0.1, 0.15) is 74.5 Å². The summed E-state index contributed by atoms with van der Waals surface area (Å²) in [6.07, 6.45) is -0.178. The van der Waals surface area contributed by atoms with Crippen LogP contribution < -0.4 is 5.69 Å². The third-order valence-electron chi connectivity index (χ3n) is 9.60. The highest BCUT2D eigenvalue weighted by atomic mass is 19.4. The topological polar surface area (TPSA) is 115 Å². The van der Waals surface area contributed by atoms with Crippen LogP contribution in [-0.4, -0.2) is 54.5 Å². The fraction of sp³-hybridized carbons (Fsp3) is 0.432. The number of nitriles is 1. The molecule has 4 aromatic rings. The van der Waals surface area contributed by atoms with E-state index >= 15 is 0 Å². The summed E-state index contributed by atoms with van der Waals surface area (Å²) in [5, 5.41) is 13.7. The zero-order valence-corrected chi connectivity index (χ0v) is 28.4. The van der Waals surface area contributed by atoms with E-state index < -0.39 is 28.9 Å². The summed E-state index contributed by atoms with van der Waals surface area (Å²) in [7, 11) is 0. The van der Waals surface area contributed by atoms with E-state index in [1.54, 1.807) is 42.2 Å². The molecule has 3 atom stereocenters. The van der Waals surface area contributed by atoms with Crippen LogP contribution in [0.3, 0.4) is 0 Å². The number of halogens is 3. The van der Waals surface area contributed by atoms with Gasteiger partial charge in [-0.1, -0.05) is 6.07 Å². The Kier molecular flexibility index (Phi) is 9.24. The van der Waals surface area contributed by atoms with E-state index in [0.717, 1.165) is 40.5 Å². The van der Waals surface area contributed by atoms with Crippen LogP contribution >= 0.6 is 0 Å². The molecule has 0 spiro atoms. The van der Waals surface area contributed by atoms with Gasteiger partial charge in [0, 0.05) is 19.5 Å². The first kappa shape index (κ1) is 34.7. The lowest BCUT2D eigenvalue weighted by Gasteiger charge is -2.25. The Morgan fingerprint density at radius 2 is 1.68 bits per heavy atom. The number of carbonyl (C=O) groups excluding carboxylic acids is 2. The molecular weight excluding hydrogens is 649 g/mol. The quantitative estimate of drug-likeness (QED) is 0.200. The molecule has 0 bridgehead atoms. The Morgan fingerprint density at radius 1 is 1.00 bits per heavy atom. The van der Waals surface area contributed by atoms with Gasteiger partial charge < -0.3 is 9.64 Å². The molecule has 2 fully saturated rings.